The summed E-state index contributed by atoms with van der Waals surface area (Å²) in [5.74, 6) is -0.816. The van der Waals surface area contributed by atoms with Gasteiger partial charge in [-0.05, 0) is 30.7 Å². The Morgan fingerprint density at radius 1 is 1.19 bits per heavy atom. The van der Waals surface area contributed by atoms with Gasteiger partial charge in [0.15, 0.2) is 0 Å². The highest BCUT2D eigenvalue weighted by atomic mass is 32.2. The Labute approximate surface area is 161 Å². The van der Waals surface area contributed by atoms with Gasteiger partial charge in [-0.1, -0.05) is 31.5 Å². The van der Waals surface area contributed by atoms with E-state index < -0.39 is 10.8 Å². The number of hydrogen-bond acceptors (Lipinski definition) is 5. The van der Waals surface area contributed by atoms with E-state index in [1.165, 1.54) is 12.1 Å². The molecule has 0 bridgehead atoms. The van der Waals surface area contributed by atoms with Crippen LogP contribution in [0.3, 0.4) is 0 Å². The molecular formula is C19H21N3O4S. The number of nitro benzene ring substituents is 1. The number of nitrogens with zero attached hydrogens (tertiary/aromatic N) is 2. The maximum Gasteiger partial charge on any atom is 0.283 e. The lowest BCUT2D eigenvalue weighted by atomic mass is 10.2. The van der Waals surface area contributed by atoms with Crippen LogP contribution >= 0.6 is 11.8 Å². The third-order valence-electron chi connectivity index (χ3n) is 3.90. The maximum atomic E-state index is 12.7. The van der Waals surface area contributed by atoms with Crippen molar-refractivity contribution in [2.75, 3.05) is 17.2 Å². The van der Waals surface area contributed by atoms with Crippen LogP contribution in [0.1, 0.15) is 30.1 Å². The molecule has 8 heteroatoms. The molecule has 2 aromatic carbocycles. The van der Waals surface area contributed by atoms with Crippen LogP contribution in [-0.4, -0.2) is 29.0 Å². The Hall–Kier alpha value is -2.87. The normalized spacial score (nSPS) is 10.4. The fraction of sp³-hybridized carbons (Fsp3) is 0.263. The Kier molecular flexibility index (Phi) is 7.36. The van der Waals surface area contributed by atoms with Crippen LogP contribution in [0.5, 0.6) is 0 Å². The van der Waals surface area contributed by atoms with E-state index in [4.69, 9.17) is 5.73 Å². The van der Waals surface area contributed by atoms with E-state index in [9.17, 15) is 19.7 Å². The average molecular weight is 387 g/mol. The summed E-state index contributed by atoms with van der Waals surface area (Å²) in [6.07, 6.45) is 1.81. The first kappa shape index (κ1) is 20.4. The summed E-state index contributed by atoms with van der Waals surface area (Å²) in [6, 6.07) is 13.4. The van der Waals surface area contributed by atoms with Gasteiger partial charge in [-0.15, -0.1) is 11.8 Å². The fourth-order valence-electron chi connectivity index (χ4n) is 2.47. The van der Waals surface area contributed by atoms with Crippen molar-refractivity contribution in [3.63, 3.8) is 0 Å². The molecule has 2 rings (SSSR count). The Morgan fingerprint density at radius 2 is 1.89 bits per heavy atom. The minimum atomic E-state index is -0.736. The van der Waals surface area contributed by atoms with Gasteiger partial charge in [0.1, 0.15) is 0 Å². The van der Waals surface area contributed by atoms with Crippen molar-refractivity contribution >= 4 is 35.0 Å². The molecule has 0 saturated carbocycles. The van der Waals surface area contributed by atoms with Crippen LogP contribution in [0.2, 0.25) is 0 Å². The van der Waals surface area contributed by atoms with Gasteiger partial charge < -0.3 is 10.6 Å². The number of primary amides is 1. The highest BCUT2D eigenvalue weighted by Gasteiger charge is 2.20. The second-order valence-corrected chi connectivity index (χ2v) is 6.84. The number of nitrogens with two attached hydrogens (primary N) is 1. The number of thioether (sulfide) groups is 1. The molecule has 142 valence electrons. The standard InChI is InChI=1S/C19H21N3O4S/c1-2-3-11-21(15-7-5-4-6-8-15)18(23)13-27-17-10-9-14(19(20)24)12-16(17)22(25)26/h4-10,12H,2-3,11,13H2,1H3,(H2,20,24). The molecule has 0 aliphatic carbocycles. The molecule has 7 nitrogen and oxygen atoms in total. The van der Waals surface area contributed by atoms with Crippen LogP contribution in [-0.2, 0) is 4.79 Å². The molecule has 2 N–H and O–H groups in total. The zero-order chi connectivity index (χ0) is 19.8. The number of unbranched alkanes of at least 4 members (excludes halogenated alkanes) is 1. The van der Waals surface area contributed by atoms with Crippen molar-refractivity contribution in [1.82, 2.24) is 0 Å². The van der Waals surface area contributed by atoms with Crippen molar-refractivity contribution in [3.05, 3.63) is 64.2 Å². The van der Waals surface area contributed by atoms with Crippen LogP contribution in [0.4, 0.5) is 11.4 Å². The van der Waals surface area contributed by atoms with E-state index in [1.54, 1.807) is 4.90 Å². The van der Waals surface area contributed by atoms with Gasteiger partial charge in [0.05, 0.1) is 15.6 Å². The van der Waals surface area contributed by atoms with E-state index in [2.05, 4.69) is 0 Å². The molecule has 27 heavy (non-hydrogen) atoms. The molecule has 0 spiro atoms. The zero-order valence-electron chi connectivity index (χ0n) is 15.0. The van der Waals surface area contributed by atoms with Crippen LogP contribution < -0.4 is 10.6 Å². The first-order valence-corrected chi connectivity index (χ1v) is 9.49. The lowest BCUT2D eigenvalue weighted by molar-refractivity contribution is -0.387. The number of carbonyl (C=O) groups is 2. The number of benzene rings is 2. The largest absolute Gasteiger partial charge is 0.366 e. The van der Waals surface area contributed by atoms with Crippen molar-refractivity contribution in [2.24, 2.45) is 5.73 Å². The monoisotopic (exact) mass is 387 g/mol. The molecule has 2 aromatic rings. The topological polar surface area (TPSA) is 107 Å². The molecule has 2 amide bonds. The van der Waals surface area contributed by atoms with Gasteiger partial charge in [0.2, 0.25) is 11.8 Å². The molecular weight excluding hydrogens is 366 g/mol. The van der Waals surface area contributed by atoms with Crippen LogP contribution in [0.15, 0.2) is 53.4 Å². The summed E-state index contributed by atoms with van der Waals surface area (Å²) in [5.41, 5.74) is 5.81. The molecule has 0 aliphatic heterocycles. The Morgan fingerprint density at radius 3 is 2.48 bits per heavy atom. The van der Waals surface area contributed by atoms with Crippen molar-refractivity contribution in [2.45, 2.75) is 24.7 Å². The molecule has 0 aromatic heterocycles. The number of rotatable bonds is 9. The molecule has 0 fully saturated rings. The van der Waals surface area contributed by atoms with E-state index in [-0.39, 0.29) is 22.9 Å². The predicted octanol–water partition coefficient (Wildman–Crippen LogP) is 3.62. The van der Waals surface area contributed by atoms with Crippen molar-refractivity contribution in [1.29, 1.82) is 0 Å². The number of hydrogen-bond donors (Lipinski definition) is 1. The smallest absolute Gasteiger partial charge is 0.283 e. The molecule has 0 unspecified atom stereocenters. The van der Waals surface area contributed by atoms with E-state index in [0.29, 0.717) is 11.4 Å². The molecule has 0 atom stereocenters. The van der Waals surface area contributed by atoms with Gasteiger partial charge in [0.25, 0.3) is 5.69 Å². The number of amides is 2. The Balaban J connectivity index is 2.17. The fourth-order valence-corrected chi connectivity index (χ4v) is 3.36. The van der Waals surface area contributed by atoms with Gasteiger partial charge in [0, 0.05) is 23.9 Å². The average Bonchev–Trinajstić information content (AvgIpc) is 2.67. The highest BCUT2D eigenvalue weighted by Crippen LogP contribution is 2.30. The second kappa shape index (κ2) is 9.72. The molecule has 0 aliphatic rings. The minimum Gasteiger partial charge on any atom is -0.366 e. The summed E-state index contributed by atoms with van der Waals surface area (Å²) in [7, 11) is 0. The number of anilines is 1. The van der Waals surface area contributed by atoms with Gasteiger partial charge in [-0.2, -0.15) is 0 Å². The second-order valence-electron chi connectivity index (χ2n) is 5.83. The summed E-state index contributed by atoms with van der Waals surface area (Å²) >= 11 is 1.08. The predicted molar refractivity (Wildman–Crippen MR) is 106 cm³/mol. The molecule has 0 radical (unpaired) electrons. The SMILES string of the molecule is CCCCN(C(=O)CSc1ccc(C(N)=O)cc1[N+](=O)[O-])c1ccccc1. The van der Waals surface area contributed by atoms with E-state index in [1.807, 2.05) is 37.3 Å². The third-order valence-corrected chi connectivity index (χ3v) is 4.94. The number of para-hydroxylation sites is 1. The van der Waals surface area contributed by atoms with Gasteiger partial charge in [-0.25, -0.2) is 0 Å². The summed E-state index contributed by atoms with van der Waals surface area (Å²) in [5, 5.41) is 11.3. The van der Waals surface area contributed by atoms with Gasteiger partial charge >= 0.3 is 0 Å². The van der Waals surface area contributed by atoms with Crippen LogP contribution in [0.25, 0.3) is 0 Å². The van der Waals surface area contributed by atoms with E-state index >= 15 is 0 Å². The number of nitro groups is 1. The van der Waals surface area contributed by atoms with E-state index in [0.717, 1.165) is 36.4 Å². The molecule has 0 heterocycles. The zero-order valence-corrected chi connectivity index (χ0v) is 15.8. The summed E-state index contributed by atoms with van der Waals surface area (Å²) < 4.78 is 0. The summed E-state index contributed by atoms with van der Waals surface area (Å²) in [4.78, 5) is 36.7. The first-order chi connectivity index (χ1) is 12.9. The maximum absolute atomic E-state index is 12.7. The van der Waals surface area contributed by atoms with Crippen LogP contribution in [0, 0.1) is 10.1 Å². The first-order valence-electron chi connectivity index (χ1n) is 8.50. The Bertz CT molecular complexity index is 827. The lowest BCUT2D eigenvalue weighted by Gasteiger charge is -2.22. The quantitative estimate of drug-likeness (QED) is 0.402. The van der Waals surface area contributed by atoms with Crippen molar-refractivity contribution < 1.29 is 14.5 Å². The summed E-state index contributed by atoms with van der Waals surface area (Å²) in [6.45, 7) is 2.63. The third kappa shape index (κ3) is 5.55. The van der Waals surface area contributed by atoms with Crippen molar-refractivity contribution in [3.8, 4) is 0 Å². The minimum absolute atomic E-state index is 0.0510. The highest BCUT2D eigenvalue weighted by molar-refractivity contribution is 8.00. The van der Waals surface area contributed by atoms with Gasteiger partial charge in [-0.3, -0.25) is 19.7 Å². The number of carbonyl (C=O) groups excluding carboxylic acids is 2. The lowest BCUT2D eigenvalue weighted by Crippen LogP contribution is -2.33. The molecule has 0 saturated heterocycles.